The molecule has 15 heavy (non-hydrogen) atoms. The second-order valence-electron chi connectivity index (χ2n) is 4.39. The highest BCUT2D eigenvalue weighted by molar-refractivity contribution is 5.81. The minimum absolute atomic E-state index is 0.677. The van der Waals surface area contributed by atoms with E-state index in [4.69, 9.17) is 5.73 Å². The summed E-state index contributed by atoms with van der Waals surface area (Å²) in [7, 11) is 0. The standard InChI is InChI=1S/C13H16N2/c1-9(2)5-10-3-4-13-11(6-10)7-12(14)8-15-13/h3-4,6-9H,5,14H2,1-2H3. The van der Waals surface area contributed by atoms with Gasteiger partial charge in [0.05, 0.1) is 17.4 Å². The fourth-order valence-corrected chi connectivity index (χ4v) is 1.80. The summed E-state index contributed by atoms with van der Waals surface area (Å²) in [6.45, 7) is 4.45. The van der Waals surface area contributed by atoms with E-state index < -0.39 is 0 Å². The highest BCUT2D eigenvalue weighted by Gasteiger charge is 2.00. The first-order valence-corrected chi connectivity index (χ1v) is 5.29. The molecule has 0 atom stereocenters. The third kappa shape index (κ3) is 2.27. The summed E-state index contributed by atoms with van der Waals surface area (Å²) < 4.78 is 0. The van der Waals surface area contributed by atoms with Crippen molar-refractivity contribution in [3.63, 3.8) is 0 Å². The first-order chi connectivity index (χ1) is 7.15. The molecule has 0 bridgehead atoms. The fraction of sp³-hybridized carbons (Fsp3) is 0.308. The van der Waals surface area contributed by atoms with Crippen LogP contribution in [0.2, 0.25) is 0 Å². The van der Waals surface area contributed by atoms with Crippen molar-refractivity contribution in [2.45, 2.75) is 20.3 Å². The van der Waals surface area contributed by atoms with Gasteiger partial charge in [0.15, 0.2) is 0 Å². The van der Waals surface area contributed by atoms with Crippen LogP contribution in [0.4, 0.5) is 5.69 Å². The molecule has 0 aliphatic rings. The molecular weight excluding hydrogens is 184 g/mol. The van der Waals surface area contributed by atoms with Gasteiger partial charge in [-0.2, -0.15) is 0 Å². The lowest BCUT2D eigenvalue weighted by atomic mass is 10.0. The number of pyridine rings is 1. The molecule has 2 heteroatoms. The van der Waals surface area contributed by atoms with Gasteiger partial charge in [-0.25, -0.2) is 0 Å². The highest BCUT2D eigenvalue weighted by Crippen LogP contribution is 2.18. The minimum atomic E-state index is 0.677. The molecule has 1 aromatic carbocycles. The number of hydrogen-bond donors (Lipinski definition) is 1. The van der Waals surface area contributed by atoms with Gasteiger partial charge in [-0.3, -0.25) is 4.98 Å². The first-order valence-electron chi connectivity index (χ1n) is 5.29. The first kappa shape index (κ1) is 9.97. The fourth-order valence-electron chi connectivity index (χ4n) is 1.80. The summed E-state index contributed by atoms with van der Waals surface area (Å²) in [6, 6.07) is 8.36. The van der Waals surface area contributed by atoms with E-state index in [1.807, 2.05) is 6.07 Å². The third-order valence-electron chi connectivity index (χ3n) is 2.41. The van der Waals surface area contributed by atoms with E-state index in [0.717, 1.165) is 23.0 Å². The molecule has 2 nitrogen and oxygen atoms in total. The van der Waals surface area contributed by atoms with Crippen LogP contribution in [-0.4, -0.2) is 4.98 Å². The van der Waals surface area contributed by atoms with Crippen molar-refractivity contribution in [2.24, 2.45) is 5.92 Å². The molecule has 0 saturated heterocycles. The molecular formula is C13H16N2. The lowest BCUT2D eigenvalue weighted by molar-refractivity contribution is 0.648. The number of nitrogen functional groups attached to an aromatic ring is 1. The SMILES string of the molecule is CC(C)Cc1ccc2ncc(N)cc2c1. The number of aromatic nitrogens is 1. The van der Waals surface area contributed by atoms with E-state index in [1.54, 1.807) is 6.20 Å². The van der Waals surface area contributed by atoms with Gasteiger partial charge < -0.3 is 5.73 Å². The summed E-state index contributed by atoms with van der Waals surface area (Å²) in [5.41, 5.74) is 8.80. The maximum Gasteiger partial charge on any atom is 0.0703 e. The van der Waals surface area contributed by atoms with Crippen molar-refractivity contribution in [2.75, 3.05) is 5.73 Å². The summed E-state index contributed by atoms with van der Waals surface area (Å²) >= 11 is 0. The zero-order chi connectivity index (χ0) is 10.8. The van der Waals surface area contributed by atoms with E-state index in [1.165, 1.54) is 5.56 Å². The molecule has 0 amide bonds. The van der Waals surface area contributed by atoms with Crippen molar-refractivity contribution in [3.05, 3.63) is 36.0 Å². The van der Waals surface area contributed by atoms with Gasteiger partial charge in [-0.05, 0) is 36.1 Å². The average molecular weight is 200 g/mol. The van der Waals surface area contributed by atoms with E-state index in [9.17, 15) is 0 Å². The second-order valence-corrected chi connectivity index (χ2v) is 4.39. The normalized spacial score (nSPS) is 11.1. The summed E-state index contributed by atoms with van der Waals surface area (Å²) in [5, 5.41) is 1.13. The maximum absolute atomic E-state index is 5.71. The van der Waals surface area contributed by atoms with Crippen LogP contribution in [0.25, 0.3) is 10.9 Å². The summed E-state index contributed by atoms with van der Waals surface area (Å²) in [5.74, 6) is 0.677. The Labute approximate surface area is 90.1 Å². The van der Waals surface area contributed by atoms with Gasteiger partial charge in [0.25, 0.3) is 0 Å². The molecule has 0 fully saturated rings. The van der Waals surface area contributed by atoms with Crippen molar-refractivity contribution in [1.82, 2.24) is 4.98 Å². The van der Waals surface area contributed by atoms with Crippen LogP contribution in [-0.2, 0) is 6.42 Å². The zero-order valence-electron chi connectivity index (χ0n) is 9.20. The smallest absolute Gasteiger partial charge is 0.0703 e. The molecule has 2 N–H and O–H groups in total. The van der Waals surface area contributed by atoms with Crippen LogP contribution < -0.4 is 5.73 Å². The van der Waals surface area contributed by atoms with Crippen LogP contribution in [0.3, 0.4) is 0 Å². The summed E-state index contributed by atoms with van der Waals surface area (Å²) in [6.07, 6.45) is 2.80. The number of hydrogen-bond acceptors (Lipinski definition) is 2. The molecule has 2 aromatic rings. The quantitative estimate of drug-likeness (QED) is 0.809. The number of nitrogens with two attached hydrogens (primary N) is 1. The Bertz CT molecular complexity index is 475. The number of nitrogens with zero attached hydrogens (tertiary/aromatic N) is 1. The lowest BCUT2D eigenvalue weighted by Crippen LogP contribution is -1.94. The molecule has 1 heterocycles. The topological polar surface area (TPSA) is 38.9 Å². The van der Waals surface area contributed by atoms with Crippen LogP contribution in [0, 0.1) is 5.92 Å². The lowest BCUT2D eigenvalue weighted by Gasteiger charge is -2.06. The van der Waals surface area contributed by atoms with Gasteiger partial charge in [0, 0.05) is 5.39 Å². The Kier molecular flexibility index (Phi) is 2.58. The van der Waals surface area contributed by atoms with E-state index in [-0.39, 0.29) is 0 Å². The van der Waals surface area contributed by atoms with Gasteiger partial charge in [-0.1, -0.05) is 19.9 Å². The molecule has 0 spiro atoms. The van der Waals surface area contributed by atoms with E-state index in [2.05, 4.69) is 37.0 Å². The molecule has 0 aliphatic heterocycles. The maximum atomic E-state index is 5.71. The van der Waals surface area contributed by atoms with Crippen molar-refractivity contribution < 1.29 is 0 Å². The van der Waals surface area contributed by atoms with Crippen LogP contribution in [0.5, 0.6) is 0 Å². The van der Waals surface area contributed by atoms with Crippen molar-refractivity contribution in [3.8, 4) is 0 Å². The molecule has 1 aromatic heterocycles. The average Bonchev–Trinajstić information content (AvgIpc) is 2.16. The van der Waals surface area contributed by atoms with Crippen molar-refractivity contribution >= 4 is 16.6 Å². The summed E-state index contributed by atoms with van der Waals surface area (Å²) in [4.78, 5) is 4.28. The van der Waals surface area contributed by atoms with Crippen LogP contribution in [0.15, 0.2) is 30.5 Å². The molecule has 78 valence electrons. The number of benzene rings is 1. The largest absolute Gasteiger partial charge is 0.397 e. The predicted octanol–water partition coefficient (Wildman–Crippen LogP) is 3.02. The van der Waals surface area contributed by atoms with Gasteiger partial charge in [0.1, 0.15) is 0 Å². The minimum Gasteiger partial charge on any atom is -0.397 e. The third-order valence-corrected chi connectivity index (χ3v) is 2.41. The number of rotatable bonds is 2. The molecule has 0 unspecified atom stereocenters. The van der Waals surface area contributed by atoms with E-state index in [0.29, 0.717) is 5.92 Å². The molecule has 0 saturated carbocycles. The molecule has 0 radical (unpaired) electrons. The van der Waals surface area contributed by atoms with Crippen molar-refractivity contribution in [1.29, 1.82) is 0 Å². The highest BCUT2D eigenvalue weighted by atomic mass is 14.7. The van der Waals surface area contributed by atoms with Gasteiger partial charge >= 0.3 is 0 Å². The molecule has 0 aliphatic carbocycles. The van der Waals surface area contributed by atoms with Crippen LogP contribution >= 0.6 is 0 Å². The number of fused-ring (bicyclic) bond motifs is 1. The van der Waals surface area contributed by atoms with E-state index >= 15 is 0 Å². The van der Waals surface area contributed by atoms with Crippen LogP contribution in [0.1, 0.15) is 19.4 Å². The Hall–Kier alpha value is -1.57. The van der Waals surface area contributed by atoms with Gasteiger partial charge in [-0.15, -0.1) is 0 Å². The predicted molar refractivity (Wildman–Crippen MR) is 64.7 cm³/mol. The van der Waals surface area contributed by atoms with Gasteiger partial charge in [0.2, 0.25) is 0 Å². The molecule has 2 rings (SSSR count). The Morgan fingerprint density at radius 2 is 2.07 bits per heavy atom. The Morgan fingerprint density at radius 1 is 1.27 bits per heavy atom. The number of anilines is 1. The zero-order valence-corrected chi connectivity index (χ0v) is 9.20. The monoisotopic (exact) mass is 200 g/mol. The Morgan fingerprint density at radius 3 is 2.80 bits per heavy atom. The Balaban J connectivity index is 2.45. The second kappa shape index (κ2) is 3.89.